The summed E-state index contributed by atoms with van der Waals surface area (Å²) in [7, 11) is 4.96. The first kappa shape index (κ1) is 19.2. The fourth-order valence-electron chi connectivity index (χ4n) is 2.67. The van der Waals surface area contributed by atoms with Gasteiger partial charge in [-0.3, -0.25) is 4.79 Å². The van der Waals surface area contributed by atoms with E-state index in [9.17, 15) is 4.79 Å². The van der Waals surface area contributed by atoms with Crippen LogP contribution >= 0.6 is 0 Å². The lowest BCUT2D eigenvalue weighted by Crippen LogP contribution is -2.19. The molecule has 0 aliphatic carbocycles. The number of hydrogen-bond donors (Lipinski definition) is 1. The summed E-state index contributed by atoms with van der Waals surface area (Å²) in [6, 6.07) is 16.5. The monoisotopic (exact) mass is 378 g/mol. The maximum atomic E-state index is 12.8. The fraction of sp³-hybridized carbons (Fsp3) is 0.190. The van der Waals surface area contributed by atoms with E-state index in [1.165, 1.54) is 7.11 Å². The standard InChI is InChI=1S/C21H22N4O3/c1-14-12-18(24-21(22-14)25(2)15-8-6-5-7-9-15)20(26)23-17-11-10-16(27-3)13-19(17)28-4/h5-13H,1-4H3,(H,23,26). The zero-order valence-electron chi connectivity index (χ0n) is 16.3. The van der Waals surface area contributed by atoms with Gasteiger partial charge >= 0.3 is 0 Å². The largest absolute Gasteiger partial charge is 0.497 e. The summed E-state index contributed by atoms with van der Waals surface area (Å²) < 4.78 is 10.5. The van der Waals surface area contributed by atoms with Gasteiger partial charge in [0.1, 0.15) is 17.2 Å². The van der Waals surface area contributed by atoms with Crippen molar-refractivity contribution < 1.29 is 14.3 Å². The first-order chi connectivity index (χ1) is 13.5. The zero-order valence-corrected chi connectivity index (χ0v) is 16.3. The number of benzene rings is 2. The second kappa shape index (κ2) is 8.39. The van der Waals surface area contributed by atoms with E-state index in [1.54, 1.807) is 31.4 Å². The normalized spacial score (nSPS) is 10.3. The van der Waals surface area contributed by atoms with Gasteiger partial charge in [-0.1, -0.05) is 18.2 Å². The van der Waals surface area contributed by atoms with Gasteiger partial charge in [-0.25, -0.2) is 9.97 Å². The van der Waals surface area contributed by atoms with Crippen molar-refractivity contribution in [2.24, 2.45) is 0 Å². The number of methoxy groups -OCH3 is 2. The molecule has 0 aliphatic rings. The van der Waals surface area contributed by atoms with E-state index >= 15 is 0 Å². The number of carbonyl (C=O) groups is 1. The SMILES string of the molecule is COc1ccc(NC(=O)c2cc(C)nc(N(C)c3ccccc3)n2)c(OC)c1. The van der Waals surface area contributed by atoms with Gasteiger partial charge in [-0.2, -0.15) is 0 Å². The molecule has 1 N–H and O–H groups in total. The molecule has 7 heteroatoms. The molecule has 1 heterocycles. The lowest BCUT2D eigenvalue weighted by atomic mass is 10.2. The third-order valence-corrected chi connectivity index (χ3v) is 4.18. The average Bonchev–Trinajstić information content (AvgIpc) is 2.73. The van der Waals surface area contributed by atoms with Crippen molar-refractivity contribution in [2.45, 2.75) is 6.92 Å². The number of amides is 1. The second-order valence-electron chi connectivity index (χ2n) is 6.11. The predicted molar refractivity (Wildman–Crippen MR) is 109 cm³/mol. The highest BCUT2D eigenvalue weighted by Crippen LogP contribution is 2.29. The minimum absolute atomic E-state index is 0.267. The molecule has 0 aliphatic heterocycles. The van der Waals surface area contributed by atoms with Gasteiger partial charge in [0, 0.05) is 24.5 Å². The Bertz CT molecular complexity index is 977. The van der Waals surface area contributed by atoms with Crippen LogP contribution in [-0.2, 0) is 0 Å². The smallest absolute Gasteiger partial charge is 0.274 e. The van der Waals surface area contributed by atoms with Crippen LogP contribution in [0.1, 0.15) is 16.2 Å². The van der Waals surface area contributed by atoms with Gasteiger partial charge in [-0.05, 0) is 37.3 Å². The highest BCUT2D eigenvalue weighted by Gasteiger charge is 2.16. The van der Waals surface area contributed by atoms with Gasteiger partial charge in [-0.15, -0.1) is 0 Å². The highest BCUT2D eigenvalue weighted by atomic mass is 16.5. The van der Waals surface area contributed by atoms with Crippen molar-refractivity contribution in [3.63, 3.8) is 0 Å². The molecule has 1 amide bonds. The van der Waals surface area contributed by atoms with Crippen LogP contribution in [0.5, 0.6) is 11.5 Å². The number of nitrogens with one attached hydrogen (secondary N) is 1. The molecule has 3 rings (SSSR count). The van der Waals surface area contributed by atoms with Crippen LogP contribution in [0.2, 0.25) is 0 Å². The molecule has 0 radical (unpaired) electrons. The van der Waals surface area contributed by atoms with Crippen molar-refractivity contribution in [3.8, 4) is 11.5 Å². The van der Waals surface area contributed by atoms with E-state index in [0.29, 0.717) is 28.8 Å². The average molecular weight is 378 g/mol. The third-order valence-electron chi connectivity index (χ3n) is 4.18. The molecule has 0 atom stereocenters. The molecule has 144 valence electrons. The number of rotatable bonds is 6. The molecule has 2 aromatic carbocycles. The van der Waals surface area contributed by atoms with Gasteiger partial charge in [0.05, 0.1) is 19.9 Å². The number of ether oxygens (including phenoxy) is 2. The van der Waals surface area contributed by atoms with E-state index in [1.807, 2.05) is 49.2 Å². The summed E-state index contributed by atoms with van der Waals surface area (Å²) in [5.41, 5.74) is 2.42. The van der Waals surface area contributed by atoms with E-state index < -0.39 is 0 Å². The molecule has 0 bridgehead atoms. The van der Waals surface area contributed by atoms with E-state index in [4.69, 9.17) is 9.47 Å². The Balaban J connectivity index is 1.88. The minimum atomic E-state index is -0.350. The Labute approximate surface area is 164 Å². The second-order valence-corrected chi connectivity index (χ2v) is 6.11. The lowest BCUT2D eigenvalue weighted by molar-refractivity contribution is 0.102. The first-order valence-corrected chi connectivity index (χ1v) is 8.69. The molecule has 0 spiro atoms. The molecule has 7 nitrogen and oxygen atoms in total. The number of aromatic nitrogens is 2. The molecular formula is C21H22N4O3. The summed E-state index contributed by atoms with van der Waals surface area (Å²) in [6.45, 7) is 1.83. The lowest BCUT2D eigenvalue weighted by Gasteiger charge is -2.18. The van der Waals surface area contributed by atoms with Crippen LogP contribution in [-0.4, -0.2) is 37.1 Å². The van der Waals surface area contributed by atoms with Gasteiger partial charge in [0.15, 0.2) is 0 Å². The van der Waals surface area contributed by atoms with Crippen molar-refractivity contribution >= 4 is 23.2 Å². The Morgan fingerprint density at radius 1 is 1.00 bits per heavy atom. The predicted octanol–water partition coefficient (Wildman–Crippen LogP) is 3.82. The van der Waals surface area contributed by atoms with Crippen molar-refractivity contribution in [1.82, 2.24) is 9.97 Å². The number of hydrogen-bond acceptors (Lipinski definition) is 6. The number of aryl methyl sites for hydroxylation is 1. The van der Waals surface area contributed by atoms with Gasteiger partial charge in [0.25, 0.3) is 5.91 Å². The van der Waals surface area contributed by atoms with Crippen molar-refractivity contribution in [2.75, 3.05) is 31.5 Å². The highest BCUT2D eigenvalue weighted by molar-refractivity contribution is 6.04. The van der Waals surface area contributed by atoms with Crippen LogP contribution in [0.3, 0.4) is 0 Å². The van der Waals surface area contributed by atoms with E-state index in [-0.39, 0.29) is 11.6 Å². The molecule has 28 heavy (non-hydrogen) atoms. The molecule has 0 saturated carbocycles. The van der Waals surface area contributed by atoms with Crippen LogP contribution in [0.15, 0.2) is 54.6 Å². The third kappa shape index (κ3) is 4.20. The Morgan fingerprint density at radius 3 is 2.43 bits per heavy atom. The van der Waals surface area contributed by atoms with Crippen molar-refractivity contribution in [3.05, 3.63) is 66.0 Å². The van der Waals surface area contributed by atoms with Crippen LogP contribution in [0.4, 0.5) is 17.3 Å². The topological polar surface area (TPSA) is 76.6 Å². The zero-order chi connectivity index (χ0) is 20.1. The summed E-state index contributed by atoms with van der Waals surface area (Å²) in [6.07, 6.45) is 0. The van der Waals surface area contributed by atoms with Crippen LogP contribution < -0.4 is 19.7 Å². The maximum Gasteiger partial charge on any atom is 0.274 e. The molecule has 0 unspecified atom stereocenters. The number of nitrogens with zero attached hydrogens (tertiary/aromatic N) is 3. The maximum absolute atomic E-state index is 12.8. The molecular weight excluding hydrogens is 356 g/mol. The summed E-state index contributed by atoms with van der Waals surface area (Å²) in [5, 5.41) is 2.83. The van der Waals surface area contributed by atoms with E-state index in [2.05, 4.69) is 15.3 Å². The Hall–Kier alpha value is -3.61. The fourth-order valence-corrected chi connectivity index (χ4v) is 2.67. The number of para-hydroxylation sites is 1. The van der Waals surface area contributed by atoms with Crippen molar-refractivity contribution in [1.29, 1.82) is 0 Å². The molecule has 0 fully saturated rings. The van der Waals surface area contributed by atoms with Crippen LogP contribution in [0, 0.1) is 6.92 Å². The first-order valence-electron chi connectivity index (χ1n) is 8.69. The Kier molecular flexibility index (Phi) is 5.74. The molecule has 3 aromatic rings. The Morgan fingerprint density at radius 2 is 1.75 bits per heavy atom. The summed E-state index contributed by atoms with van der Waals surface area (Å²) >= 11 is 0. The van der Waals surface area contributed by atoms with E-state index in [0.717, 1.165) is 5.69 Å². The van der Waals surface area contributed by atoms with Crippen LogP contribution in [0.25, 0.3) is 0 Å². The molecule has 0 saturated heterocycles. The quantitative estimate of drug-likeness (QED) is 0.703. The number of anilines is 3. The van der Waals surface area contributed by atoms with Gasteiger partial charge in [0.2, 0.25) is 5.95 Å². The summed E-state index contributed by atoms with van der Waals surface area (Å²) in [4.78, 5) is 23.5. The minimum Gasteiger partial charge on any atom is -0.497 e. The molecule has 1 aromatic heterocycles. The van der Waals surface area contributed by atoms with Gasteiger partial charge < -0.3 is 19.7 Å². The summed E-state index contributed by atoms with van der Waals surface area (Å²) in [5.74, 6) is 1.23. The number of carbonyl (C=O) groups excluding carboxylic acids is 1.